The average Bonchev–Trinajstić information content (AvgIpc) is 2.86. The Hall–Kier alpha value is -0.940. The number of esters is 1. The van der Waals surface area contributed by atoms with Gasteiger partial charge in [0, 0.05) is 17.9 Å². The summed E-state index contributed by atoms with van der Waals surface area (Å²) in [6.45, 7) is 1.51. The third-order valence-electron chi connectivity index (χ3n) is 2.20. The van der Waals surface area contributed by atoms with Gasteiger partial charge in [0.1, 0.15) is 0 Å². The maximum absolute atomic E-state index is 11.1. The van der Waals surface area contributed by atoms with E-state index < -0.39 is 0 Å². The van der Waals surface area contributed by atoms with Gasteiger partial charge in [0.05, 0.1) is 18.7 Å². The topological polar surface area (TPSA) is 48.4 Å². The number of aromatic nitrogens is 1. The molecule has 1 aromatic heterocycles. The summed E-state index contributed by atoms with van der Waals surface area (Å²) >= 11 is 1.50. The number of hydrogen-bond donors (Lipinski definition) is 0. The van der Waals surface area contributed by atoms with Gasteiger partial charge in [-0.05, 0) is 6.42 Å². The summed E-state index contributed by atoms with van der Waals surface area (Å²) in [5.41, 5.74) is 0.402. The van der Waals surface area contributed by atoms with E-state index in [-0.39, 0.29) is 5.97 Å². The predicted molar refractivity (Wildman–Crippen MR) is 51.6 cm³/mol. The van der Waals surface area contributed by atoms with E-state index in [2.05, 4.69) is 9.72 Å². The van der Waals surface area contributed by atoms with Crippen LogP contribution >= 0.6 is 11.3 Å². The third kappa shape index (κ3) is 1.78. The van der Waals surface area contributed by atoms with Gasteiger partial charge in [0.15, 0.2) is 5.69 Å². The zero-order valence-corrected chi connectivity index (χ0v) is 8.67. The van der Waals surface area contributed by atoms with Crippen LogP contribution in [0, 0.1) is 0 Å². The largest absolute Gasteiger partial charge is 0.464 e. The van der Waals surface area contributed by atoms with E-state index in [9.17, 15) is 4.79 Å². The van der Waals surface area contributed by atoms with Crippen molar-refractivity contribution in [2.75, 3.05) is 20.3 Å². The zero-order valence-electron chi connectivity index (χ0n) is 7.86. The van der Waals surface area contributed by atoms with Crippen LogP contribution in [0.4, 0.5) is 0 Å². The van der Waals surface area contributed by atoms with E-state index >= 15 is 0 Å². The fourth-order valence-electron chi connectivity index (χ4n) is 1.40. The summed E-state index contributed by atoms with van der Waals surface area (Å²) in [6, 6.07) is 0. The minimum absolute atomic E-state index is 0.360. The second kappa shape index (κ2) is 4.06. The Morgan fingerprint density at radius 2 is 2.64 bits per heavy atom. The van der Waals surface area contributed by atoms with Crippen molar-refractivity contribution in [3.8, 4) is 0 Å². The molecule has 0 aromatic carbocycles. The molecule has 0 spiro atoms. The van der Waals surface area contributed by atoms with Gasteiger partial charge in [-0.3, -0.25) is 0 Å². The normalized spacial score (nSPS) is 21.1. The van der Waals surface area contributed by atoms with Gasteiger partial charge in [0.25, 0.3) is 0 Å². The molecule has 2 rings (SSSR count). The molecule has 1 atom stereocenters. The maximum atomic E-state index is 11.1. The van der Waals surface area contributed by atoms with Crippen LogP contribution in [0.15, 0.2) is 5.38 Å². The first-order valence-corrected chi connectivity index (χ1v) is 5.30. The Morgan fingerprint density at radius 3 is 3.29 bits per heavy atom. The summed E-state index contributed by atoms with van der Waals surface area (Å²) in [6.07, 6.45) is 0.994. The number of rotatable bonds is 2. The van der Waals surface area contributed by atoms with Crippen LogP contribution in [-0.4, -0.2) is 31.3 Å². The average molecular weight is 213 g/mol. The van der Waals surface area contributed by atoms with Crippen molar-refractivity contribution in [3.63, 3.8) is 0 Å². The molecule has 0 radical (unpaired) electrons. The van der Waals surface area contributed by atoms with Gasteiger partial charge in [-0.25, -0.2) is 9.78 Å². The number of thiazole rings is 1. The second-order valence-corrected chi connectivity index (χ2v) is 4.01. The summed E-state index contributed by atoms with van der Waals surface area (Å²) < 4.78 is 9.84. The molecule has 0 aliphatic carbocycles. The standard InChI is InChI=1S/C9H11NO3S/c1-12-9(11)7-5-14-8(10-7)6-2-3-13-4-6/h5-6H,2-4H2,1H3. The van der Waals surface area contributed by atoms with Gasteiger partial charge in [0.2, 0.25) is 0 Å². The Balaban J connectivity index is 2.12. The highest BCUT2D eigenvalue weighted by Crippen LogP contribution is 2.27. The van der Waals surface area contributed by atoms with Crippen LogP contribution in [0.5, 0.6) is 0 Å². The molecule has 5 heteroatoms. The number of methoxy groups -OCH3 is 1. The van der Waals surface area contributed by atoms with Crippen molar-refractivity contribution >= 4 is 17.3 Å². The highest BCUT2D eigenvalue weighted by atomic mass is 32.1. The molecule has 1 aliphatic rings. The molecule has 0 saturated carbocycles. The molecule has 0 bridgehead atoms. The van der Waals surface area contributed by atoms with Crippen LogP contribution in [-0.2, 0) is 9.47 Å². The van der Waals surface area contributed by atoms with E-state index in [0.29, 0.717) is 18.2 Å². The van der Waals surface area contributed by atoms with E-state index in [1.54, 1.807) is 5.38 Å². The molecule has 0 amide bonds. The lowest BCUT2D eigenvalue weighted by atomic mass is 10.1. The molecule has 1 aliphatic heterocycles. The molecule has 76 valence electrons. The van der Waals surface area contributed by atoms with Crippen LogP contribution in [0.25, 0.3) is 0 Å². The number of hydrogen-bond acceptors (Lipinski definition) is 5. The Kier molecular flexibility index (Phi) is 2.79. The molecule has 1 unspecified atom stereocenters. The zero-order chi connectivity index (χ0) is 9.97. The molecule has 14 heavy (non-hydrogen) atoms. The SMILES string of the molecule is COC(=O)c1csc(C2CCOC2)n1. The molecular formula is C9H11NO3S. The summed E-state index contributed by atoms with van der Waals surface area (Å²) in [5.74, 6) is -0.00942. The molecule has 4 nitrogen and oxygen atoms in total. The Bertz CT molecular complexity index is 331. The quantitative estimate of drug-likeness (QED) is 0.697. The van der Waals surface area contributed by atoms with E-state index in [1.165, 1.54) is 18.4 Å². The monoisotopic (exact) mass is 213 g/mol. The maximum Gasteiger partial charge on any atom is 0.357 e. The Labute approximate surface area is 85.9 Å². The summed E-state index contributed by atoms with van der Waals surface area (Å²) in [7, 11) is 1.36. The third-order valence-corrected chi connectivity index (χ3v) is 3.20. The number of carbonyl (C=O) groups excluding carboxylic acids is 1. The van der Waals surface area contributed by atoms with Gasteiger partial charge in [-0.1, -0.05) is 0 Å². The van der Waals surface area contributed by atoms with Crippen molar-refractivity contribution in [1.82, 2.24) is 4.98 Å². The Morgan fingerprint density at radius 1 is 1.79 bits per heavy atom. The first kappa shape index (κ1) is 9.61. The van der Waals surface area contributed by atoms with Gasteiger partial charge in [-0.15, -0.1) is 11.3 Å². The number of ether oxygens (including phenoxy) is 2. The lowest BCUT2D eigenvalue weighted by molar-refractivity contribution is 0.0594. The van der Waals surface area contributed by atoms with Gasteiger partial charge in [-0.2, -0.15) is 0 Å². The lowest BCUT2D eigenvalue weighted by Gasteiger charge is -2.00. The first-order valence-electron chi connectivity index (χ1n) is 4.42. The van der Waals surface area contributed by atoms with Crippen molar-refractivity contribution in [1.29, 1.82) is 0 Å². The van der Waals surface area contributed by atoms with Crippen molar-refractivity contribution in [2.24, 2.45) is 0 Å². The predicted octanol–water partition coefficient (Wildman–Crippen LogP) is 1.43. The van der Waals surface area contributed by atoms with E-state index in [1.807, 2.05) is 0 Å². The van der Waals surface area contributed by atoms with Crippen molar-refractivity contribution < 1.29 is 14.3 Å². The van der Waals surface area contributed by atoms with E-state index in [0.717, 1.165) is 18.0 Å². The summed E-state index contributed by atoms with van der Waals surface area (Å²) in [5, 5.41) is 2.71. The van der Waals surface area contributed by atoms with Crippen LogP contribution in [0.3, 0.4) is 0 Å². The highest BCUT2D eigenvalue weighted by molar-refractivity contribution is 7.09. The first-order chi connectivity index (χ1) is 6.81. The summed E-state index contributed by atoms with van der Waals surface area (Å²) in [4.78, 5) is 15.4. The van der Waals surface area contributed by atoms with Crippen molar-refractivity contribution in [3.05, 3.63) is 16.1 Å². The van der Waals surface area contributed by atoms with Crippen LogP contribution < -0.4 is 0 Å². The minimum Gasteiger partial charge on any atom is -0.464 e. The van der Waals surface area contributed by atoms with Gasteiger partial charge < -0.3 is 9.47 Å². The molecule has 0 N–H and O–H groups in total. The fraction of sp³-hybridized carbons (Fsp3) is 0.556. The molecular weight excluding hydrogens is 202 g/mol. The molecule has 1 aromatic rings. The highest BCUT2D eigenvalue weighted by Gasteiger charge is 2.22. The minimum atomic E-state index is -0.369. The fourth-order valence-corrected chi connectivity index (χ4v) is 2.31. The smallest absolute Gasteiger partial charge is 0.357 e. The molecule has 1 saturated heterocycles. The lowest BCUT2D eigenvalue weighted by Crippen LogP contribution is -2.03. The number of carbonyl (C=O) groups is 1. The molecule has 2 heterocycles. The van der Waals surface area contributed by atoms with Crippen LogP contribution in [0.1, 0.15) is 27.8 Å². The number of nitrogens with zero attached hydrogens (tertiary/aromatic N) is 1. The van der Waals surface area contributed by atoms with E-state index in [4.69, 9.17) is 4.74 Å². The van der Waals surface area contributed by atoms with Crippen molar-refractivity contribution in [2.45, 2.75) is 12.3 Å². The second-order valence-electron chi connectivity index (χ2n) is 3.12. The van der Waals surface area contributed by atoms with Crippen LogP contribution in [0.2, 0.25) is 0 Å². The molecule has 1 fully saturated rings. The van der Waals surface area contributed by atoms with Gasteiger partial charge >= 0.3 is 5.97 Å².